The summed E-state index contributed by atoms with van der Waals surface area (Å²) in [6.45, 7) is 0.543. The predicted molar refractivity (Wildman–Crippen MR) is 105 cm³/mol. The molecule has 27 heavy (non-hydrogen) atoms. The predicted octanol–water partition coefficient (Wildman–Crippen LogP) is 3.18. The van der Waals surface area contributed by atoms with Gasteiger partial charge in [-0.2, -0.15) is 0 Å². The lowest BCUT2D eigenvalue weighted by molar-refractivity contribution is 0.0946. The van der Waals surface area contributed by atoms with E-state index in [4.69, 9.17) is 14.2 Å². The van der Waals surface area contributed by atoms with Crippen molar-refractivity contribution in [2.24, 2.45) is 7.05 Å². The molecule has 0 saturated heterocycles. The van der Waals surface area contributed by atoms with Gasteiger partial charge in [-0.25, -0.2) is 0 Å². The van der Waals surface area contributed by atoms with Crippen LogP contribution in [0.2, 0.25) is 0 Å². The van der Waals surface area contributed by atoms with Crippen LogP contribution in [0.3, 0.4) is 0 Å². The summed E-state index contributed by atoms with van der Waals surface area (Å²) in [5.41, 5.74) is 2.52. The molecule has 0 spiro atoms. The molecule has 0 radical (unpaired) electrons. The number of ether oxygens (including phenoxy) is 3. The van der Waals surface area contributed by atoms with Crippen LogP contribution in [-0.4, -0.2) is 38.3 Å². The number of nitrogens with one attached hydrogen (secondary N) is 1. The van der Waals surface area contributed by atoms with Crippen LogP contribution in [0.4, 0.5) is 0 Å². The lowest BCUT2D eigenvalue weighted by Gasteiger charge is -2.09. The number of methoxy groups -OCH3 is 3. The van der Waals surface area contributed by atoms with Gasteiger partial charge in [-0.15, -0.1) is 0 Å². The van der Waals surface area contributed by atoms with Gasteiger partial charge in [0, 0.05) is 19.0 Å². The molecular weight excluding hydrogens is 344 g/mol. The van der Waals surface area contributed by atoms with E-state index in [1.54, 1.807) is 21.3 Å². The van der Waals surface area contributed by atoms with E-state index in [9.17, 15) is 4.79 Å². The minimum atomic E-state index is -0.133. The van der Waals surface area contributed by atoms with Crippen molar-refractivity contribution in [3.05, 3.63) is 53.7 Å². The standard InChI is InChI=1S/C21H24N2O4/c1-23-17(13-16-18(26-3)9-10-19(27-4)20(16)23)21(24)22-12-11-14-5-7-15(25-2)8-6-14/h5-10,13H,11-12H2,1-4H3,(H,22,24). The molecule has 1 aromatic heterocycles. The van der Waals surface area contributed by atoms with Crippen LogP contribution < -0.4 is 19.5 Å². The number of carbonyl (C=O) groups excluding carboxylic acids is 1. The van der Waals surface area contributed by atoms with Gasteiger partial charge < -0.3 is 24.1 Å². The maximum Gasteiger partial charge on any atom is 0.267 e. The third-order valence-electron chi connectivity index (χ3n) is 4.65. The maximum absolute atomic E-state index is 12.7. The van der Waals surface area contributed by atoms with E-state index in [2.05, 4.69) is 5.32 Å². The molecule has 1 N–H and O–H groups in total. The molecule has 142 valence electrons. The number of carbonyl (C=O) groups is 1. The number of hydrogen-bond donors (Lipinski definition) is 1. The topological polar surface area (TPSA) is 61.7 Å². The Morgan fingerprint density at radius 1 is 0.963 bits per heavy atom. The largest absolute Gasteiger partial charge is 0.497 e. The highest BCUT2D eigenvalue weighted by Gasteiger charge is 2.18. The van der Waals surface area contributed by atoms with Crippen LogP contribution in [0.5, 0.6) is 17.2 Å². The number of rotatable bonds is 7. The van der Waals surface area contributed by atoms with Crippen molar-refractivity contribution in [3.63, 3.8) is 0 Å². The summed E-state index contributed by atoms with van der Waals surface area (Å²) in [5.74, 6) is 2.09. The molecule has 1 heterocycles. The van der Waals surface area contributed by atoms with E-state index < -0.39 is 0 Å². The van der Waals surface area contributed by atoms with Gasteiger partial charge in [0.25, 0.3) is 5.91 Å². The van der Waals surface area contributed by atoms with Crippen molar-refractivity contribution in [2.45, 2.75) is 6.42 Å². The van der Waals surface area contributed by atoms with Gasteiger partial charge in [0.05, 0.1) is 26.8 Å². The van der Waals surface area contributed by atoms with Crippen LogP contribution in [-0.2, 0) is 13.5 Å². The van der Waals surface area contributed by atoms with E-state index in [1.807, 2.05) is 54.1 Å². The molecule has 0 atom stereocenters. The highest BCUT2D eigenvalue weighted by Crippen LogP contribution is 2.35. The molecule has 0 bridgehead atoms. The van der Waals surface area contributed by atoms with Crippen molar-refractivity contribution in [3.8, 4) is 17.2 Å². The molecule has 0 aliphatic heterocycles. The normalized spacial score (nSPS) is 10.7. The highest BCUT2D eigenvalue weighted by molar-refractivity contribution is 6.02. The number of amides is 1. The van der Waals surface area contributed by atoms with Crippen LogP contribution in [0, 0.1) is 0 Å². The highest BCUT2D eigenvalue weighted by atomic mass is 16.5. The number of aryl methyl sites for hydroxylation is 1. The third kappa shape index (κ3) is 3.69. The van der Waals surface area contributed by atoms with Gasteiger partial charge in [0.1, 0.15) is 22.9 Å². The minimum Gasteiger partial charge on any atom is -0.497 e. The second kappa shape index (κ2) is 8.03. The van der Waals surface area contributed by atoms with Crippen molar-refractivity contribution in [2.75, 3.05) is 27.9 Å². The number of aromatic nitrogens is 1. The fraction of sp³-hybridized carbons (Fsp3) is 0.286. The van der Waals surface area contributed by atoms with Gasteiger partial charge >= 0.3 is 0 Å². The van der Waals surface area contributed by atoms with Gasteiger partial charge in [-0.3, -0.25) is 4.79 Å². The smallest absolute Gasteiger partial charge is 0.267 e. The first-order chi connectivity index (χ1) is 13.1. The Bertz CT molecular complexity index is 945. The number of fused-ring (bicyclic) bond motifs is 1. The first kappa shape index (κ1) is 18.6. The Hall–Kier alpha value is -3.15. The molecular formula is C21H24N2O4. The molecule has 1 amide bonds. The number of nitrogens with zero attached hydrogens (tertiary/aromatic N) is 1. The van der Waals surface area contributed by atoms with E-state index in [-0.39, 0.29) is 5.91 Å². The zero-order valence-electron chi connectivity index (χ0n) is 16.0. The van der Waals surface area contributed by atoms with Gasteiger partial charge in [-0.1, -0.05) is 12.1 Å². The van der Waals surface area contributed by atoms with Gasteiger partial charge in [0.2, 0.25) is 0 Å². The van der Waals surface area contributed by atoms with Gasteiger partial charge in [0.15, 0.2) is 0 Å². The molecule has 0 aliphatic rings. The second-order valence-electron chi connectivity index (χ2n) is 6.17. The molecule has 3 rings (SSSR count). The summed E-state index contributed by atoms with van der Waals surface area (Å²) in [5, 5.41) is 3.83. The van der Waals surface area contributed by atoms with Crippen molar-refractivity contribution in [1.29, 1.82) is 0 Å². The minimum absolute atomic E-state index is 0.133. The first-order valence-corrected chi connectivity index (χ1v) is 8.70. The maximum atomic E-state index is 12.7. The molecule has 6 heteroatoms. The summed E-state index contributed by atoms with van der Waals surface area (Å²) in [4.78, 5) is 12.7. The van der Waals surface area contributed by atoms with Crippen molar-refractivity contribution in [1.82, 2.24) is 9.88 Å². The Labute approximate surface area is 158 Å². The fourth-order valence-corrected chi connectivity index (χ4v) is 3.17. The molecule has 3 aromatic rings. The second-order valence-corrected chi connectivity index (χ2v) is 6.17. The van der Waals surface area contributed by atoms with E-state index in [0.29, 0.717) is 23.7 Å². The quantitative estimate of drug-likeness (QED) is 0.696. The van der Waals surface area contributed by atoms with Crippen molar-refractivity contribution < 1.29 is 19.0 Å². The summed E-state index contributed by atoms with van der Waals surface area (Å²) in [7, 11) is 6.72. The van der Waals surface area contributed by atoms with E-state index in [0.717, 1.165) is 28.6 Å². The molecule has 6 nitrogen and oxygen atoms in total. The average molecular weight is 368 g/mol. The molecule has 0 fully saturated rings. The molecule has 0 unspecified atom stereocenters. The molecule has 2 aromatic carbocycles. The number of benzene rings is 2. The zero-order valence-corrected chi connectivity index (χ0v) is 16.0. The van der Waals surface area contributed by atoms with Crippen LogP contribution >= 0.6 is 0 Å². The van der Waals surface area contributed by atoms with Crippen LogP contribution in [0.25, 0.3) is 10.9 Å². The molecule has 0 saturated carbocycles. The van der Waals surface area contributed by atoms with E-state index >= 15 is 0 Å². The monoisotopic (exact) mass is 368 g/mol. The lowest BCUT2D eigenvalue weighted by atomic mass is 10.1. The third-order valence-corrected chi connectivity index (χ3v) is 4.65. The Morgan fingerprint density at radius 2 is 1.63 bits per heavy atom. The van der Waals surface area contributed by atoms with Crippen LogP contribution in [0.1, 0.15) is 16.1 Å². The van der Waals surface area contributed by atoms with Crippen molar-refractivity contribution >= 4 is 16.8 Å². The summed E-state index contributed by atoms with van der Waals surface area (Å²) in [6, 6.07) is 13.3. The summed E-state index contributed by atoms with van der Waals surface area (Å²) < 4.78 is 17.9. The SMILES string of the molecule is COc1ccc(CCNC(=O)c2cc3c(OC)ccc(OC)c3n2C)cc1. The average Bonchev–Trinajstić information content (AvgIpc) is 3.05. The van der Waals surface area contributed by atoms with E-state index in [1.165, 1.54) is 0 Å². The summed E-state index contributed by atoms with van der Waals surface area (Å²) in [6.07, 6.45) is 0.742. The first-order valence-electron chi connectivity index (χ1n) is 8.70. The Kier molecular flexibility index (Phi) is 5.54. The Balaban J connectivity index is 1.76. The van der Waals surface area contributed by atoms with Crippen LogP contribution in [0.15, 0.2) is 42.5 Å². The number of hydrogen-bond acceptors (Lipinski definition) is 4. The zero-order chi connectivity index (χ0) is 19.4. The fourth-order valence-electron chi connectivity index (χ4n) is 3.17. The lowest BCUT2D eigenvalue weighted by Crippen LogP contribution is -2.27. The Morgan fingerprint density at radius 3 is 2.26 bits per heavy atom. The summed E-state index contributed by atoms with van der Waals surface area (Å²) >= 11 is 0. The molecule has 0 aliphatic carbocycles. The van der Waals surface area contributed by atoms with Gasteiger partial charge in [-0.05, 0) is 42.3 Å².